The predicted octanol–water partition coefficient (Wildman–Crippen LogP) is 2.28. The maximum Gasteiger partial charge on any atom is 0.250 e. The van der Waals surface area contributed by atoms with Crippen LogP contribution in [0.5, 0.6) is 5.75 Å². The number of aromatic hydroxyl groups is 1. The van der Waals surface area contributed by atoms with Crippen molar-refractivity contribution in [1.82, 2.24) is 25.1 Å². The van der Waals surface area contributed by atoms with Crippen LogP contribution in [0.25, 0.3) is 22.5 Å². The summed E-state index contributed by atoms with van der Waals surface area (Å²) in [5, 5.41) is 22.3. The van der Waals surface area contributed by atoms with Gasteiger partial charge in [-0.15, -0.1) is 10.2 Å². The Morgan fingerprint density at radius 1 is 1.19 bits per heavy atom. The Hall–Kier alpha value is -3.33. The molecule has 2 fully saturated rings. The number of phenolic OH excluding ortho intramolecular Hbond substituents is 1. The number of fused-ring (bicyclic) bond motifs is 2. The van der Waals surface area contributed by atoms with Crippen LogP contribution in [0.15, 0.2) is 47.5 Å². The van der Waals surface area contributed by atoms with Crippen molar-refractivity contribution < 1.29 is 9.50 Å². The minimum absolute atomic E-state index is 0.00941. The first-order valence-corrected chi connectivity index (χ1v) is 10.7. The number of benzene rings is 1. The number of nitrogens with zero attached hydrogens (tertiary/aromatic N) is 5. The number of rotatable bonds is 4. The first kappa shape index (κ1) is 20.6. The van der Waals surface area contributed by atoms with Gasteiger partial charge in [0.1, 0.15) is 11.9 Å². The average molecular weight is 436 g/mol. The second kappa shape index (κ2) is 7.98. The number of hydrogen-bond acceptors (Lipinski definition) is 7. The van der Waals surface area contributed by atoms with Gasteiger partial charge in [-0.25, -0.2) is 9.37 Å². The van der Waals surface area contributed by atoms with E-state index in [-0.39, 0.29) is 29.2 Å². The number of phenols is 1. The number of pyridine rings is 1. The molecule has 0 saturated carbocycles. The van der Waals surface area contributed by atoms with Crippen molar-refractivity contribution in [3.63, 3.8) is 0 Å². The van der Waals surface area contributed by atoms with Gasteiger partial charge in [0, 0.05) is 38.4 Å². The molecular formula is C23H25FN6O2. The molecule has 1 aromatic carbocycles. The van der Waals surface area contributed by atoms with Gasteiger partial charge in [-0.1, -0.05) is 6.07 Å². The van der Waals surface area contributed by atoms with Crippen molar-refractivity contribution in [2.75, 3.05) is 11.9 Å². The normalized spacial score (nSPS) is 24.5. The second-order valence-corrected chi connectivity index (χ2v) is 8.64. The van der Waals surface area contributed by atoms with Crippen LogP contribution in [0.2, 0.25) is 0 Å². The predicted molar refractivity (Wildman–Crippen MR) is 119 cm³/mol. The standard InChI is InChI=1S/C23H25FN6O2/c1-29-8-7-14(10-21(29)32)13-3-5-16(19(31)9-13)23-25-12-20(27-28-23)30(2)18-11-15-4-6-17(26-15)22(18)24/h3,5,7-10,12,15,17-18,22,26,31H,4,6,11H2,1-2H3/t15-,17+,18-,22+/m1/s1. The molecule has 0 unspecified atom stereocenters. The molecule has 2 aromatic heterocycles. The molecule has 8 nitrogen and oxygen atoms in total. The number of aryl methyl sites for hydroxylation is 1. The van der Waals surface area contributed by atoms with Gasteiger partial charge >= 0.3 is 0 Å². The summed E-state index contributed by atoms with van der Waals surface area (Å²) in [6.07, 6.45) is 4.87. The fourth-order valence-electron chi connectivity index (χ4n) is 4.70. The van der Waals surface area contributed by atoms with Crippen LogP contribution in [-0.4, -0.2) is 56.2 Å². The number of hydrogen-bond donors (Lipinski definition) is 2. The van der Waals surface area contributed by atoms with Crippen LogP contribution in [0.3, 0.4) is 0 Å². The number of halogens is 1. The molecule has 4 heterocycles. The minimum atomic E-state index is -0.966. The van der Waals surface area contributed by atoms with Crippen LogP contribution in [0.1, 0.15) is 19.3 Å². The monoisotopic (exact) mass is 436 g/mol. The molecule has 0 radical (unpaired) electrons. The summed E-state index contributed by atoms with van der Waals surface area (Å²) in [5.41, 5.74) is 1.73. The molecule has 2 saturated heterocycles. The average Bonchev–Trinajstić information content (AvgIpc) is 3.21. The molecule has 2 N–H and O–H groups in total. The largest absolute Gasteiger partial charge is 0.507 e. The molecule has 0 amide bonds. The number of aromatic nitrogens is 4. The zero-order valence-corrected chi connectivity index (χ0v) is 17.9. The highest BCUT2D eigenvalue weighted by Gasteiger charge is 2.43. The minimum Gasteiger partial charge on any atom is -0.507 e. The van der Waals surface area contributed by atoms with E-state index in [4.69, 9.17) is 0 Å². The lowest BCUT2D eigenvalue weighted by Gasteiger charge is -2.38. The highest BCUT2D eigenvalue weighted by molar-refractivity contribution is 5.72. The fourth-order valence-corrected chi connectivity index (χ4v) is 4.70. The number of nitrogens with one attached hydrogen (secondary N) is 1. The van der Waals surface area contributed by atoms with E-state index >= 15 is 0 Å². The van der Waals surface area contributed by atoms with Crippen molar-refractivity contribution in [1.29, 1.82) is 0 Å². The molecular weight excluding hydrogens is 411 g/mol. The third kappa shape index (κ3) is 3.62. The van der Waals surface area contributed by atoms with E-state index in [1.807, 2.05) is 18.0 Å². The van der Waals surface area contributed by atoms with Crippen molar-refractivity contribution in [2.45, 2.75) is 43.6 Å². The Morgan fingerprint density at radius 2 is 2.00 bits per heavy atom. The van der Waals surface area contributed by atoms with Crippen LogP contribution < -0.4 is 15.8 Å². The van der Waals surface area contributed by atoms with Crippen LogP contribution in [0.4, 0.5) is 10.2 Å². The number of piperidine rings is 1. The highest BCUT2D eigenvalue weighted by atomic mass is 19.1. The Labute approximate surface area is 184 Å². The molecule has 2 aliphatic heterocycles. The van der Waals surface area contributed by atoms with E-state index in [2.05, 4.69) is 20.5 Å². The van der Waals surface area contributed by atoms with E-state index in [1.165, 1.54) is 10.6 Å². The third-order valence-electron chi connectivity index (χ3n) is 6.64. The van der Waals surface area contributed by atoms with Crippen LogP contribution >= 0.6 is 0 Å². The molecule has 2 bridgehead atoms. The Kier molecular flexibility index (Phi) is 5.13. The van der Waals surface area contributed by atoms with Gasteiger partial charge in [-0.05, 0) is 48.6 Å². The Bertz CT molecular complexity index is 1200. The topological polar surface area (TPSA) is 96.2 Å². The summed E-state index contributed by atoms with van der Waals surface area (Å²) in [6.45, 7) is 0. The van der Waals surface area contributed by atoms with Crippen LogP contribution in [-0.2, 0) is 7.05 Å². The van der Waals surface area contributed by atoms with Crippen molar-refractivity contribution in [3.05, 3.63) is 53.1 Å². The lowest BCUT2D eigenvalue weighted by molar-refractivity contribution is 0.176. The smallest absolute Gasteiger partial charge is 0.250 e. The van der Waals surface area contributed by atoms with E-state index in [0.29, 0.717) is 28.6 Å². The molecule has 166 valence electrons. The van der Waals surface area contributed by atoms with Gasteiger partial charge < -0.3 is 19.9 Å². The van der Waals surface area contributed by atoms with Gasteiger partial charge in [0.25, 0.3) is 5.56 Å². The summed E-state index contributed by atoms with van der Waals surface area (Å²) in [7, 11) is 3.51. The van der Waals surface area contributed by atoms with Crippen molar-refractivity contribution in [3.8, 4) is 28.3 Å². The summed E-state index contributed by atoms with van der Waals surface area (Å²) in [5.74, 6) is 0.765. The third-order valence-corrected chi connectivity index (χ3v) is 6.64. The molecule has 0 spiro atoms. The summed E-state index contributed by atoms with van der Waals surface area (Å²) < 4.78 is 16.4. The van der Waals surface area contributed by atoms with Gasteiger partial charge in [0.15, 0.2) is 11.6 Å². The molecule has 4 atom stereocenters. The van der Waals surface area contributed by atoms with E-state index in [0.717, 1.165) is 19.3 Å². The lowest BCUT2D eigenvalue weighted by Crippen LogP contribution is -2.55. The molecule has 9 heteroatoms. The second-order valence-electron chi connectivity index (χ2n) is 8.64. The maximum absolute atomic E-state index is 14.9. The molecule has 2 aliphatic rings. The molecule has 3 aromatic rings. The zero-order chi connectivity index (χ0) is 22.4. The zero-order valence-electron chi connectivity index (χ0n) is 17.9. The maximum atomic E-state index is 14.9. The fraction of sp³-hybridized carbons (Fsp3) is 0.391. The van der Waals surface area contributed by atoms with Gasteiger partial charge in [-0.3, -0.25) is 4.79 Å². The van der Waals surface area contributed by atoms with Gasteiger partial charge in [0.05, 0.1) is 17.8 Å². The number of alkyl halides is 1. The Balaban J connectivity index is 1.37. The summed E-state index contributed by atoms with van der Waals surface area (Å²) >= 11 is 0. The van der Waals surface area contributed by atoms with Crippen molar-refractivity contribution >= 4 is 5.82 Å². The van der Waals surface area contributed by atoms with Crippen molar-refractivity contribution in [2.24, 2.45) is 7.05 Å². The molecule has 5 rings (SSSR count). The molecule has 32 heavy (non-hydrogen) atoms. The van der Waals surface area contributed by atoms with Crippen LogP contribution in [0, 0.1) is 0 Å². The first-order chi connectivity index (χ1) is 15.4. The lowest BCUT2D eigenvalue weighted by atomic mass is 9.96. The van der Waals surface area contributed by atoms with E-state index < -0.39 is 6.17 Å². The molecule has 0 aliphatic carbocycles. The SMILES string of the molecule is CN(c1cnc(-c2ccc(-c3ccn(C)c(=O)c3)cc2O)nn1)[C@@H]1C[C@H]2CC[C@H](N2)[C@@H]1F. The summed E-state index contributed by atoms with van der Waals surface area (Å²) in [4.78, 5) is 18.1. The van der Waals surface area contributed by atoms with Gasteiger partial charge in [0.2, 0.25) is 0 Å². The Morgan fingerprint density at radius 3 is 2.72 bits per heavy atom. The summed E-state index contributed by atoms with van der Waals surface area (Å²) in [6, 6.07) is 8.39. The first-order valence-electron chi connectivity index (χ1n) is 10.7. The number of anilines is 1. The quantitative estimate of drug-likeness (QED) is 0.648. The van der Waals surface area contributed by atoms with E-state index in [9.17, 15) is 14.3 Å². The van der Waals surface area contributed by atoms with E-state index in [1.54, 1.807) is 37.6 Å². The highest BCUT2D eigenvalue weighted by Crippen LogP contribution is 2.34. The van der Waals surface area contributed by atoms with Gasteiger partial charge in [-0.2, -0.15) is 0 Å².